The number of ether oxygens (including phenoxy) is 3. The molecular formula is C16H19N3O3. The van der Waals surface area contributed by atoms with Crippen molar-refractivity contribution >= 4 is 0 Å². The topological polar surface area (TPSA) is 59.6 Å². The maximum Gasteiger partial charge on any atom is 0.161 e. The van der Waals surface area contributed by atoms with Crippen LogP contribution in [0.1, 0.15) is 17.3 Å². The molecule has 1 fully saturated rings. The number of fused-ring (bicyclic) bond motifs is 1. The molecule has 0 unspecified atom stereocenters. The number of hydrogen-bond donors (Lipinski definition) is 1. The van der Waals surface area contributed by atoms with Gasteiger partial charge in [0, 0.05) is 19.3 Å². The van der Waals surface area contributed by atoms with Crippen LogP contribution in [0.25, 0.3) is 0 Å². The lowest BCUT2D eigenvalue weighted by molar-refractivity contribution is -0.0143. The highest BCUT2D eigenvalue weighted by Gasteiger charge is 2.26. The van der Waals surface area contributed by atoms with E-state index in [4.69, 9.17) is 14.2 Å². The molecule has 1 atom stereocenters. The molecule has 6 heteroatoms. The largest absolute Gasteiger partial charge is 0.486 e. The van der Waals surface area contributed by atoms with Crippen molar-refractivity contribution < 1.29 is 14.2 Å². The third-order valence-corrected chi connectivity index (χ3v) is 4.11. The van der Waals surface area contributed by atoms with Crippen LogP contribution >= 0.6 is 0 Å². The molecule has 6 nitrogen and oxygen atoms in total. The molecule has 2 aromatic rings. The molecule has 3 heterocycles. The van der Waals surface area contributed by atoms with Crippen molar-refractivity contribution in [2.75, 3.05) is 33.0 Å². The number of benzene rings is 1. The predicted molar refractivity (Wildman–Crippen MR) is 80.0 cm³/mol. The first-order valence-corrected chi connectivity index (χ1v) is 7.60. The van der Waals surface area contributed by atoms with E-state index in [1.165, 1.54) is 5.56 Å². The Morgan fingerprint density at radius 2 is 2.05 bits per heavy atom. The number of rotatable bonds is 3. The van der Waals surface area contributed by atoms with Crippen LogP contribution in [0.15, 0.2) is 30.5 Å². The van der Waals surface area contributed by atoms with E-state index in [1.54, 1.807) is 6.20 Å². The van der Waals surface area contributed by atoms with Crippen molar-refractivity contribution in [1.82, 2.24) is 15.1 Å². The lowest BCUT2D eigenvalue weighted by Gasteiger charge is -2.35. The van der Waals surface area contributed by atoms with Crippen molar-refractivity contribution in [3.63, 3.8) is 0 Å². The Morgan fingerprint density at radius 3 is 2.91 bits per heavy atom. The van der Waals surface area contributed by atoms with Crippen LogP contribution in [0.5, 0.6) is 11.5 Å². The summed E-state index contributed by atoms with van der Waals surface area (Å²) in [5.41, 5.74) is 2.31. The molecule has 0 saturated carbocycles. The molecule has 22 heavy (non-hydrogen) atoms. The van der Waals surface area contributed by atoms with E-state index in [0.717, 1.165) is 36.9 Å². The van der Waals surface area contributed by atoms with Crippen molar-refractivity contribution in [2.45, 2.75) is 12.6 Å². The normalized spacial score (nSPS) is 21.7. The minimum Gasteiger partial charge on any atom is -0.486 e. The summed E-state index contributed by atoms with van der Waals surface area (Å²) in [6.45, 7) is 4.44. The Balaban J connectivity index is 1.53. The Hall–Kier alpha value is -2.05. The number of aromatic nitrogens is 2. The highest BCUT2D eigenvalue weighted by Crippen LogP contribution is 2.32. The van der Waals surface area contributed by atoms with Gasteiger partial charge in [0.15, 0.2) is 11.5 Å². The van der Waals surface area contributed by atoms with Crippen LogP contribution < -0.4 is 9.47 Å². The summed E-state index contributed by atoms with van der Waals surface area (Å²) in [5.74, 6) is 1.68. The first-order chi connectivity index (χ1) is 10.9. The fourth-order valence-electron chi connectivity index (χ4n) is 2.99. The van der Waals surface area contributed by atoms with Gasteiger partial charge in [-0.1, -0.05) is 6.07 Å². The van der Waals surface area contributed by atoms with Crippen molar-refractivity contribution in [2.24, 2.45) is 0 Å². The lowest BCUT2D eigenvalue weighted by Crippen LogP contribution is -2.39. The minimum absolute atomic E-state index is 0.212. The molecule has 1 aromatic heterocycles. The van der Waals surface area contributed by atoms with Crippen molar-refractivity contribution in [1.29, 1.82) is 0 Å². The number of nitrogens with one attached hydrogen (secondary N) is 1. The number of morpholine rings is 1. The summed E-state index contributed by atoms with van der Waals surface area (Å²) in [6.07, 6.45) is 1.78. The van der Waals surface area contributed by atoms with Gasteiger partial charge >= 0.3 is 0 Å². The molecule has 4 rings (SSSR count). The molecule has 116 valence electrons. The van der Waals surface area contributed by atoms with Crippen LogP contribution in [0.4, 0.5) is 0 Å². The van der Waals surface area contributed by atoms with E-state index in [2.05, 4.69) is 27.2 Å². The van der Waals surface area contributed by atoms with Gasteiger partial charge in [-0.3, -0.25) is 10.00 Å². The summed E-state index contributed by atoms with van der Waals surface area (Å²) < 4.78 is 16.9. The van der Waals surface area contributed by atoms with Gasteiger partial charge in [0.1, 0.15) is 13.2 Å². The second-order valence-electron chi connectivity index (χ2n) is 5.55. The van der Waals surface area contributed by atoms with E-state index >= 15 is 0 Å². The molecule has 0 amide bonds. The van der Waals surface area contributed by atoms with Gasteiger partial charge in [-0.05, 0) is 23.8 Å². The van der Waals surface area contributed by atoms with Gasteiger partial charge < -0.3 is 14.2 Å². The second-order valence-corrected chi connectivity index (χ2v) is 5.55. The van der Waals surface area contributed by atoms with Crippen LogP contribution in [0, 0.1) is 0 Å². The molecule has 1 aromatic carbocycles. The van der Waals surface area contributed by atoms with Gasteiger partial charge in [0.25, 0.3) is 0 Å². The minimum atomic E-state index is 0.212. The van der Waals surface area contributed by atoms with E-state index in [-0.39, 0.29) is 6.04 Å². The summed E-state index contributed by atoms with van der Waals surface area (Å²) in [6, 6.07) is 8.40. The number of H-pyrrole nitrogens is 1. The van der Waals surface area contributed by atoms with E-state index in [0.29, 0.717) is 19.8 Å². The molecular weight excluding hydrogens is 282 g/mol. The molecule has 2 aliphatic rings. The Bertz CT molecular complexity index is 630. The first-order valence-electron chi connectivity index (χ1n) is 7.60. The second kappa shape index (κ2) is 5.98. The van der Waals surface area contributed by atoms with Gasteiger partial charge in [0.05, 0.1) is 24.9 Å². The fourth-order valence-corrected chi connectivity index (χ4v) is 2.99. The summed E-state index contributed by atoms with van der Waals surface area (Å²) >= 11 is 0. The van der Waals surface area contributed by atoms with Crippen LogP contribution in [-0.2, 0) is 11.3 Å². The number of nitrogens with zero attached hydrogens (tertiary/aromatic N) is 2. The van der Waals surface area contributed by atoms with E-state index in [9.17, 15) is 0 Å². The van der Waals surface area contributed by atoms with E-state index < -0.39 is 0 Å². The summed E-state index contributed by atoms with van der Waals surface area (Å²) in [4.78, 5) is 2.41. The first kappa shape index (κ1) is 13.6. The van der Waals surface area contributed by atoms with Gasteiger partial charge in [-0.25, -0.2) is 0 Å². The molecule has 0 radical (unpaired) electrons. The van der Waals surface area contributed by atoms with Crippen LogP contribution in [-0.4, -0.2) is 48.1 Å². The third-order valence-electron chi connectivity index (χ3n) is 4.11. The zero-order valence-electron chi connectivity index (χ0n) is 12.3. The van der Waals surface area contributed by atoms with E-state index in [1.807, 2.05) is 12.1 Å². The Labute approximate surface area is 129 Å². The van der Waals surface area contributed by atoms with Crippen molar-refractivity contribution in [3.05, 3.63) is 41.7 Å². The summed E-state index contributed by atoms with van der Waals surface area (Å²) in [5, 5.41) is 7.11. The SMILES string of the molecule is c1cc([C@H]2COCCN2Cc2ccc3c(c2)OCCO3)[nH]n1. The fraction of sp³-hybridized carbons (Fsp3) is 0.438. The Kier molecular flexibility index (Phi) is 3.70. The summed E-state index contributed by atoms with van der Waals surface area (Å²) in [7, 11) is 0. The molecule has 0 bridgehead atoms. The average molecular weight is 301 g/mol. The standard InChI is InChI=1S/C16H19N3O3/c1-2-15-16(22-8-7-21-15)9-12(1)10-19-5-6-20-11-14(19)13-3-4-17-18-13/h1-4,9,14H,5-8,10-11H2,(H,17,18)/t14-/m1/s1. The monoisotopic (exact) mass is 301 g/mol. The zero-order valence-corrected chi connectivity index (χ0v) is 12.3. The maximum absolute atomic E-state index is 5.67. The van der Waals surface area contributed by atoms with Crippen molar-refractivity contribution in [3.8, 4) is 11.5 Å². The smallest absolute Gasteiger partial charge is 0.161 e. The zero-order chi connectivity index (χ0) is 14.8. The predicted octanol–water partition coefficient (Wildman–Crippen LogP) is 1.75. The maximum atomic E-state index is 5.67. The molecule has 1 N–H and O–H groups in total. The lowest BCUT2D eigenvalue weighted by atomic mass is 10.1. The van der Waals surface area contributed by atoms with Gasteiger partial charge in [0.2, 0.25) is 0 Å². The number of aromatic amines is 1. The van der Waals surface area contributed by atoms with Crippen LogP contribution in [0.3, 0.4) is 0 Å². The third kappa shape index (κ3) is 2.67. The quantitative estimate of drug-likeness (QED) is 0.936. The highest BCUT2D eigenvalue weighted by molar-refractivity contribution is 5.43. The highest BCUT2D eigenvalue weighted by atomic mass is 16.6. The molecule has 0 spiro atoms. The molecule has 2 aliphatic heterocycles. The molecule has 1 saturated heterocycles. The van der Waals surface area contributed by atoms with Crippen LogP contribution in [0.2, 0.25) is 0 Å². The molecule has 0 aliphatic carbocycles. The van der Waals surface area contributed by atoms with Gasteiger partial charge in [-0.2, -0.15) is 5.10 Å². The average Bonchev–Trinajstić information content (AvgIpc) is 3.10. The Morgan fingerprint density at radius 1 is 1.14 bits per heavy atom. The van der Waals surface area contributed by atoms with Gasteiger partial charge in [-0.15, -0.1) is 0 Å². The number of hydrogen-bond acceptors (Lipinski definition) is 5.